The fraction of sp³-hybridized carbons (Fsp3) is 0.900. The second kappa shape index (κ2) is 3.91. The van der Waals surface area contributed by atoms with Crippen molar-refractivity contribution in [3.8, 4) is 0 Å². The first kappa shape index (κ1) is 11.7. The molecule has 2 fully saturated rings. The lowest BCUT2D eigenvalue weighted by Gasteiger charge is -2.43. The molecule has 1 aliphatic heterocycles. The van der Waals surface area contributed by atoms with E-state index >= 15 is 0 Å². The van der Waals surface area contributed by atoms with Gasteiger partial charge in [0, 0.05) is 13.1 Å². The minimum absolute atomic E-state index is 0.123. The first-order chi connectivity index (χ1) is 7.44. The Morgan fingerprint density at radius 1 is 1.31 bits per heavy atom. The van der Waals surface area contributed by atoms with E-state index in [1.807, 2.05) is 0 Å². The summed E-state index contributed by atoms with van der Waals surface area (Å²) in [6.07, 6.45) is -3.22. The summed E-state index contributed by atoms with van der Waals surface area (Å²) in [5, 5.41) is 5.62. The van der Waals surface area contributed by atoms with Crippen molar-refractivity contribution in [2.75, 3.05) is 13.1 Å². The van der Waals surface area contributed by atoms with Crippen molar-refractivity contribution in [3.63, 3.8) is 0 Å². The Kier molecular flexibility index (Phi) is 2.86. The summed E-state index contributed by atoms with van der Waals surface area (Å²) in [7, 11) is 0. The Balaban J connectivity index is 2.13. The molecule has 0 aromatic heterocycles. The topological polar surface area (TPSA) is 41.1 Å². The molecule has 0 radical (unpaired) electrons. The molecule has 16 heavy (non-hydrogen) atoms. The minimum atomic E-state index is -4.19. The number of carbonyl (C=O) groups excluding carboxylic acids is 1. The van der Waals surface area contributed by atoms with E-state index in [1.54, 1.807) is 0 Å². The molecule has 1 saturated carbocycles. The predicted molar refractivity (Wildman–Crippen MR) is 51.8 cm³/mol. The molecule has 0 aromatic rings. The van der Waals surface area contributed by atoms with Gasteiger partial charge in [0.1, 0.15) is 0 Å². The van der Waals surface area contributed by atoms with Crippen molar-refractivity contribution in [1.82, 2.24) is 10.6 Å². The summed E-state index contributed by atoms with van der Waals surface area (Å²) >= 11 is 0. The summed E-state index contributed by atoms with van der Waals surface area (Å²) in [5.41, 5.74) is -0.976. The van der Waals surface area contributed by atoms with Gasteiger partial charge in [-0.25, -0.2) is 0 Å². The fourth-order valence-corrected chi connectivity index (χ4v) is 2.65. The lowest BCUT2D eigenvalue weighted by Crippen LogP contribution is -2.65. The number of hydrogen-bond acceptors (Lipinski definition) is 2. The maximum Gasteiger partial charge on any atom is 0.391 e. The first-order valence-corrected chi connectivity index (χ1v) is 5.54. The summed E-state index contributed by atoms with van der Waals surface area (Å²) in [6, 6.07) is 0. The predicted octanol–water partition coefficient (Wildman–Crippen LogP) is 1.20. The zero-order valence-corrected chi connectivity index (χ0v) is 8.86. The van der Waals surface area contributed by atoms with Crippen LogP contribution in [0, 0.1) is 5.92 Å². The molecule has 2 N–H and O–H groups in total. The van der Waals surface area contributed by atoms with Gasteiger partial charge in [-0.15, -0.1) is 0 Å². The normalized spacial score (nSPS) is 36.2. The van der Waals surface area contributed by atoms with Crippen LogP contribution in [0.3, 0.4) is 0 Å². The van der Waals surface area contributed by atoms with Crippen LogP contribution in [0.5, 0.6) is 0 Å². The zero-order chi connectivity index (χ0) is 11.8. The maximum absolute atomic E-state index is 12.6. The SMILES string of the molecule is O=C1NCCNC12CCCC(C(F)(F)F)C2. The third-order valence-electron chi connectivity index (χ3n) is 3.52. The van der Waals surface area contributed by atoms with Gasteiger partial charge in [0.05, 0.1) is 11.5 Å². The Morgan fingerprint density at radius 2 is 2.06 bits per heavy atom. The van der Waals surface area contributed by atoms with Gasteiger partial charge in [-0.3, -0.25) is 4.79 Å². The second-order valence-corrected chi connectivity index (χ2v) is 4.60. The number of amides is 1. The first-order valence-electron chi connectivity index (χ1n) is 5.54. The highest BCUT2D eigenvalue weighted by molar-refractivity contribution is 5.87. The van der Waals surface area contributed by atoms with Crippen LogP contribution in [0.1, 0.15) is 25.7 Å². The molecule has 1 heterocycles. The molecular weight excluding hydrogens is 221 g/mol. The van der Waals surface area contributed by atoms with Gasteiger partial charge in [0.2, 0.25) is 5.91 Å². The van der Waals surface area contributed by atoms with Crippen molar-refractivity contribution in [2.45, 2.75) is 37.4 Å². The van der Waals surface area contributed by atoms with Crippen LogP contribution >= 0.6 is 0 Å². The molecule has 2 atom stereocenters. The van der Waals surface area contributed by atoms with E-state index in [-0.39, 0.29) is 18.7 Å². The Labute approximate surface area is 91.8 Å². The third-order valence-corrected chi connectivity index (χ3v) is 3.52. The van der Waals surface area contributed by atoms with E-state index in [2.05, 4.69) is 10.6 Å². The number of nitrogens with one attached hydrogen (secondary N) is 2. The van der Waals surface area contributed by atoms with E-state index in [0.29, 0.717) is 25.9 Å². The number of alkyl halides is 3. The van der Waals surface area contributed by atoms with E-state index < -0.39 is 17.6 Å². The van der Waals surface area contributed by atoms with Crippen LogP contribution in [0.25, 0.3) is 0 Å². The lowest BCUT2D eigenvalue weighted by molar-refractivity contribution is -0.189. The molecule has 1 amide bonds. The average molecular weight is 236 g/mol. The van der Waals surface area contributed by atoms with Crippen molar-refractivity contribution in [2.24, 2.45) is 5.92 Å². The maximum atomic E-state index is 12.6. The molecule has 1 spiro atoms. The number of hydrogen-bond donors (Lipinski definition) is 2. The highest BCUT2D eigenvalue weighted by Crippen LogP contribution is 2.42. The van der Waals surface area contributed by atoms with Gasteiger partial charge in [0.25, 0.3) is 0 Å². The number of carbonyl (C=O) groups is 1. The minimum Gasteiger partial charge on any atom is -0.353 e. The molecule has 6 heteroatoms. The van der Waals surface area contributed by atoms with Crippen molar-refractivity contribution >= 4 is 5.91 Å². The Morgan fingerprint density at radius 3 is 2.69 bits per heavy atom. The van der Waals surface area contributed by atoms with Crippen LogP contribution in [0.4, 0.5) is 13.2 Å². The molecular formula is C10H15F3N2O. The van der Waals surface area contributed by atoms with Gasteiger partial charge >= 0.3 is 6.18 Å². The molecule has 0 aromatic carbocycles. The smallest absolute Gasteiger partial charge is 0.353 e. The monoisotopic (exact) mass is 236 g/mol. The number of piperazine rings is 1. The molecule has 2 aliphatic rings. The summed E-state index contributed by atoms with van der Waals surface area (Å²) in [6.45, 7) is 1.05. The van der Waals surface area contributed by atoms with Crippen LogP contribution in [0.15, 0.2) is 0 Å². The van der Waals surface area contributed by atoms with Crippen LogP contribution < -0.4 is 10.6 Å². The van der Waals surface area contributed by atoms with Crippen LogP contribution in [-0.2, 0) is 4.79 Å². The van der Waals surface area contributed by atoms with Gasteiger partial charge in [-0.05, 0) is 19.3 Å². The van der Waals surface area contributed by atoms with Crippen molar-refractivity contribution in [1.29, 1.82) is 0 Å². The largest absolute Gasteiger partial charge is 0.391 e. The molecule has 2 unspecified atom stereocenters. The molecule has 2 rings (SSSR count). The van der Waals surface area contributed by atoms with Crippen molar-refractivity contribution < 1.29 is 18.0 Å². The number of rotatable bonds is 0. The van der Waals surface area contributed by atoms with Gasteiger partial charge in [0.15, 0.2) is 0 Å². The lowest BCUT2D eigenvalue weighted by atomic mass is 9.74. The zero-order valence-electron chi connectivity index (χ0n) is 8.86. The quantitative estimate of drug-likeness (QED) is 0.663. The molecule has 3 nitrogen and oxygen atoms in total. The average Bonchev–Trinajstić information content (AvgIpc) is 2.22. The summed E-state index contributed by atoms with van der Waals surface area (Å²) in [5.74, 6) is -1.62. The van der Waals surface area contributed by atoms with E-state index in [9.17, 15) is 18.0 Å². The second-order valence-electron chi connectivity index (χ2n) is 4.60. The summed E-state index contributed by atoms with van der Waals surface area (Å²) < 4.78 is 37.9. The van der Waals surface area contributed by atoms with Crippen LogP contribution in [0.2, 0.25) is 0 Å². The Hall–Kier alpha value is -0.780. The molecule has 1 saturated heterocycles. The summed E-state index contributed by atoms with van der Waals surface area (Å²) in [4.78, 5) is 11.7. The highest BCUT2D eigenvalue weighted by atomic mass is 19.4. The van der Waals surface area contributed by atoms with E-state index in [1.165, 1.54) is 0 Å². The van der Waals surface area contributed by atoms with Crippen LogP contribution in [-0.4, -0.2) is 30.7 Å². The molecule has 0 bridgehead atoms. The van der Waals surface area contributed by atoms with Gasteiger partial charge in [-0.2, -0.15) is 13.2 Å². The van der Waals surface area contributed by atoms with Gasteiger partial charge in [-0.1, -0.05) is 6.42 Å². The van der Waals surface area contributed by atoms with E-state index in [4.69, 9.17) is 0 Å². The van der Waals surface area contributed by atoms with Gasteiger partial charge < -0.3 is 10.6 Å². The molecule has 92 valence electrons. The Bertz CT molecular complexity index is 288. The fourth-order valence-electron chi connectivity index (χ4n) is 2.65. The highest BCUT2D eigenvalue weighted by Gasteiger charge is 2.51. The van der Waals surface area contributed by atoms with Crippen molar-refractivity contribution in [3.05, 3.63) is 0 Å². The van der Waals surface area contributed by atoms with E-state index in [0.717, 1.165) is 0 Å². The number of halogens is 3. The standard InChI is InChI=1S/C10H15F3N2O/c11-10(12,13)7-2-1-3-9(6-7)8(16)14-4-5-15-9/h7,15H,1-6H2,(H,14,16). The molecule has 1 aliphatic carbocycles. The third kappa shape index (κ3) is 2.03.